The standard InChI is InChI=1S/C14H23N3/c1-17(10-12-4-2-3-5-12)11-14-7-6-13(8-15)9-16-14/h6-7,9,12H,2-5,8,10-11,15H2,1H3. The summed E-state index contributed by atoms with van der Waals surface area (Å²) < 4.78 is 0. The fourth-order valence-electron chi connectivity index (χ4n) is 2.64. The van der Waals surface area contributed by atoms with Gasteiger partial charge in [0.25, 0.3) is 0 Å². The second-order valence-electron chi connectivity index (χ2n) is 5.21. The fourth-order valence-corrected chi connectivity index (χ4v) is 2.64. The molecule has 0 radical (unpaired) electrons. The fraction of sp³-hybridized carbons (Fsp3) is 0.643. The van der Waals surface area contributed by atoms with E-state index in [4.69, 9.17) is 5.73 Å². The molecule has 0 aliphatic heterocycles. The molecule has 17 heavy (non-hydrogen) atoms. The number of rotatable bonds is 5. The van der Waals surface area contributed by atoms with E-state index in [2.05, 4.69) is 29.1 Å². The van der Waals surface area contributed by atoms with Crippen LogP contribution in [0.5, 0.6) is 0 Å². The molecule has 1 heterocycles. The summed E-state index contributed by atoms with van der Waals surface area (Å²) >= 11 is 0. The highest BCUT2D eigenvalue weighted by Gasteiger charge is 2.16. The lowest BCUT2D eigenvalue weighted by molar-refractivity contribution is 0.268. The molecule has 1 aromatic rings. The Balaban J connectivity index is 1.81. The van der Waals surface area contributed by atoms with Gasteiger partial charge in [0.15, 0.2) is 0 Å². The summed E-state index contributed by atoms with van der Waals surface area (Å²) in [7, 11) is 2.19. The Morgan fingerprint density at radius 3 is 2.71 bits per heavy atom. The molecular weight excluding hydrogens is 210 g/mol. The maximum absolute atomic E-state index is 5.56. The molecule has 1 fully saturated rings. The Bertz CT molecular complexity index is 328. The van der Waals surface area contributed by atoms with Crippen LogP contribution in [0.15, 0.2) is 18.3 Å². The zero-order chi connectivity index (χ0) is 12.1. The van der Waals surface area contributed by atoms with Gasteiger partial charge in [-0.3, -0.25) is 4.98 Å². The summed E-state index contributed by atoms with van der Waals surface area (Å²) in [5, 5.41) is 0. The summed E-state index contributed by atoms with van der Waals surface area (Å²) in [6, 6.07) is 4.17. The third kappa shape index (κ3) is 3.79. The molecule has 1 aromatic heterocycles. The number of aromatic nitrogens is 1. The summed E-state index contributed by atoms with van der Waals surface area (Å²) in [5.74, 6) is 0.906. The molecule has 0 aromatic carbocycles. The minimum Gasteiger partial charge on any atom is -0.326 e. The first-order chi connectivity index (χ1) is 8.28. The van der Waals surface area contributed by atoms with Crippen molar-refractivity contribution >= 4 is 0 Å². The van der Waals surface area contributed by atoms with E-state index < -0.39 is 0 Å². The van der Waals surface area contributed by atoms with E-state index in [1.165, 1.54) is 32.2 Å². The normalized spacial score (nSPS) is 16.9. The van der Waals surface area contributed by atoms with Crippen LogP contribution >= 0.6 is 0 Å². The maximum atomic E-state index is 5.56. The first-order valence-corrected chi connectivity index (χ1v) is 6.60. The first-order valence-electron chi connectivity index (χ1n) is 6.60. The van der Waals surface area contributed by atoms with Crippen LogP contribution in [-0.4, -0.2) is 23.5 Å². The smallest absolute Gasteiger partial charge is 0.0544 e. The molecule has 0 bridgehead atoms. The molecule has 1 aliphatic carbocycles. The number of hydrogen-bond donors (Lipinski definition) is 1. The molecule has 0 atom stereocenters. The number of hydrogen-bond acceptors (Lipinski definition) is 3. The summed E-state index contributed by atoms with van der Waals surface area (Å²) in [6.45, 7) is 2.73. The average Bonchev–Trinajstić information content (AvgIpc) is 2.82. The Kier molecular flexibility index (Phi) is 4.51. The Morgan fingerprint density at radius 2 is 2.12 bits per heavy atom. The molecular formula is C14H23N3. The lowest BCUT2D eigenvalue weighted by Gasteiger charge is -2.20. The Hall–Kier alpha value is -0.930. The molecule has 3 heteroatoms. The molecule has 0 spiro atoms. The van der Waals surface area contributed by atoms with E-state index in [-0.39, 0.29) is 0 Å². The quantitative estimate of drug-likeness (QED) is 0.847. The van der Waals surface area contributed by atoms with Gasteiger partial charge in [-0.1, -0.05) is 18.9 Å². The number of nitrogens with two attached hydrogens (primary N) is 1. The topological polar surface area (TPSA) is 42.1 Å². The molecule has 2 rings (SSSR count). The van der Waals surface area contributed by atoms with Crippen molar-refractivity contribution < 1.29 is 0 Å². The van der Waals surface area contributed by atoms with Gasteiger partial charge in [0, 0.05) is 25.8 Å². The summed E-state index contributed by atoms with van der Waals surface area (Å²) in [5.41, 5.74) is 7.80. The predicted octanol–water partition coefficient (Wildman–Crippen LogP) is 2.16. The van der Waals surface area contributed by atoms with Crippen LogP contribution in [0.25, 0.3) is 0 Å². The van der Waals surface area contributed by atoms with Crippen molar-refractivity contribution in [3.63, 3.8) is 0 Å². The van der Waals surface area contributed by atoms with Gasteiger partial charge in [-0.15, -0.1) is 0 Å². The second kappa shape index (κ2) is 6.12. The molecule has 0 saturated heterocycles. The number of pyridine rings is 1. The predicted molar refractivity (Wildman–Crippen MR) is 70.4 cm³/mol. The lowest BCUT2D eigenvalue weighted by atomic mass is 10.1. The summed E-state index contributed by atoms with van der Waals surface area (Å²) in [6.07, 6.45) is 7.54. The monoisotopic (exact) mass is 233 g/mol. The van der Waals surface area contributed by atoms with Gasteiger partial charge in [0.1, 0.15) is 0 Å². The van der Waals surface area contributed by atoms with Gasteiger partial charge < -0.3 is 10.6 Å². The molecule has 0 amide bonds. The van der Waals surface area contributed by atoms with Gasteiger partial charge in [-0.25, -0.2) is 0 Å². The van der Waals surface area contributed by atoms with Gasteiger partial charge >= 0.3 is 0 Å². The molecule has 1 saturated carbocycles. The first kappa shape index (κ1) is 12.5. The van der Waals surface area contributed by atoms with Crippen LogP contribution in [0.4, 0.5) is 0 Å². The van der Waals surface area contributed by atoms with Crippen molar-refractivity contribution in [2.75, 3.05) is 13.6 Å². The van der Waals surface area contributed by atoms with Gasteiger partial charge in [-0.05, 0) is 37.4 Å². The minimum absolute atomic E-state index is 0.575. The zero-order valence-electron chi connectivity index (χ0n) is 10.7. The molecule has 2 N–H and O–H groups in total. The van der Waals surface area contributed by atoms with Gasteiger partial charge in [-0.2, -0.15) is 0 Å². The summed E-state index contributed by atoms with van der Waals surface area (Å²) in [4.78, 5) is 6.83. The van der Waals surface area contributed by atoms with E-state index in [1.807, 2.05) is 6.20 Å². The van der Waals surface area contributed by atoms with Crippen LogP contribution in [-0.2, 0) is 13.1 Å². The van der Waals surface area contributed by atoms with E-state index in [1.54, 1.807) is 0 Å². The highest BCUT2D eigenvalue weighted by molar-refractivity contribution is 5.13. The van der Waals surface area contributed by atoms with Crippen molar-refractivity contribution in [1.29, 1.82) is 0 Å². The van der Waals surface area contributed by atoms with Crippen LogP contribution < -0.4 is 5.73 Å². The largest absolute Gasteiger partial charge is 0.326 e. The van der Waals surface area contributed by atoms with Crippen molar-refractivity contribution in [3.05, 3.63) is 29.6 Å². The zero-order valence-corrected chi connectivity index (χ0v) is 10.7. The third-order valence-electron chi connectivity index (χ3n) is 3.60. The lowest BCUT2D eigenvalue weighted by Crippen LogP contribution is -2.24. The van der Waals surface area contributed by atoms with Crippen molar-refractivity contribution in [2.24, 2.45) is 11.7 Å². The van der Waals surface area contributed by atoms with Crippen LogP contribution in [0.1, 0.15) is 36.9 Å². The molecule has 94 valence electrons. The maximum Gasteiger partial charge on any atom is 0.0544 e. The average molecular weight is 233 g/mol. The van der Waals surface area contributed by atoms with Crippen molar-refractivity contribution in [1.82, 2.24) is 9.88 Å². The van der Waals surface area contributed by atoms with Crippen molar-refractivity contribution in [2.45, 2.75) is 38.8 Å². The second-order valence-corrected chi connectivity index (χ2v) is 5.21. The van der Waals surface area contributed by atoms with Gasteiger partial charge in [0.2, 0.25) is 0 Å². The Labute approximate surface area is 104 Å². The molecule has 0 unspecified atom stereocenters. The number of nitrogens with zero attached hydrogens (tertiary/aromatic N) is 2. The minimum atomic E-state index is 0.575. The van der Waals surface area contributed by atoms with E-state index in [9.17, 15) is 0 Å². The SMILES string of the molecule is CN(Cc1ccc(CN)cn1)CC1CCCC1. The molecule has 3 nitrogen and oxygen atoms in total. The van der Waals surface area contributed by atoms with Gasteiger partial charge in [0.05, 0.1) is 5.69 Å². The highest BCUT2D eigenvalue weighted by Crippen LogP contribution is 2.25. The van der Waals surface area contributed by atoms with Crippen molar-refractivity contribution in [3.8, 4) is 0 Å². The van der Waals surface area contributed by atoms with Crippen LogP contribution in [0.2, 0.25) is 0 Å². The Morgan fingerprint density at radius 1 is 1.35 bits per heavy atom. The highest BCUT2D eigenvalue weighted by atomic mass is 15.1. The van der Waals surface area contributed by atoms with Crippen LogP contribution in [0.3, 0.4) is 0 Å². The van der Waals surface area contributed by atoms with Crippen LogP contribution in [0, 0.1) is 5.92 Å². The van der Waals surface area contributed by atoms with E-state index >= 15 is 0 Å². The van der Waals surface area contributed by atoms with E-state index in [0.717, 1.165) is 23.7 Å². The molecule has 1 aliphatic rings. The third-order valence-corrected chi connectivity index (χ3v) is 3.60. The van der Waals surface area contributed by atoms with E-state index in [0.29, 0.717) is 6.54 Å².